The van der Waals surface area contributed by atoms with Crippen molar-refractivity contribution in [1.82, 2.24) is 19.8 Å². The Hall–Kier alpha value is -2.96. The van der Waals surface area contributed by atoms with E-state index in [1.807, 2.05) is 0 Å². The number of fused-ring (bicyclic) bond motifs is 1. The number of amides is 2. The zero-order chi connectivity index (χ0) is 21.3. The SMILES string of the molecule is Cn1c(=O)n(C2CCC(=O)NC2=O)c2cccc(C#CCO[C@H]3CCNC[C@H]3F)c21. The lowest BCUT2D eigenvalue weighted by Crippen LogP contribution is -2.44. The fraction of sp³-hybridized carbons (Fsp3) is 0.476. The first-order valence-corrected chi connectivity index (χ1v) is 9.96. The molecule has 1 aromatic heterocycles. The van der Waals surface area contributed by atoms with Gasteiger partial charge in [0, 0.05) is 20.0 Å². The van der Waals surface area contributed by atoms with Crippen LogP contribution >= 0.6 is 0 Å². The third kappa shape index (κ3) is 3.76. The van der Waals surface area contributed by atoms with E-state index in [2.05, 4.69) is 22.5 Å². The number of alkyl halides is 1. The summed E-state index contributed by atoms with van der Waals surface area (Å²) in [6, 6.07) is 4.56. The minimum atomic E-state index is -1.05. The molecule has 2 amide bonds. The smallest absolute Gasteiger partial charge is 0.329 e. The summed E-state index contributed by atoms with van der Waals surface area (Å²) in [4.78, 5) is 36.6. The number of hydrogen-bond donors (Lipinski definition) is 2. The molecule has 158 valence electrons. The van der Waals surface area contributed by atoms with Crippen LogP contribution in [0.5, 0.6) is 0 Å². The van der Waals surface area contributed by atoms with Crippen LogP contribution in [0.4, 0.5) is 4.39 Å². The van der Waals surface area contributed by atoms with Crippen LogP contribution in [-0.4, -0.2) is 52.9 Å². The molecule has 3 heterocycles. The number of carbonyl (C=O) groups is 2. The van der Waals surface area contributed by atoms with Gasteiger partial charge in [0.15, 0.2) is 0 Å². The summed E-state index contributed by atoms with van der Waals surface area (Å²) in [7, 11) is 1.62. The van der Waals surface area contributed by atoms with Crippen LogP contribution in [-0.2, 0) is 21.4 Å². The Balaban J connectivity index is 1.61. The summed E-state index contributed by atoms with van der Waals surface area (Å²) in [5.41, 5.74) is 1.45. The van der Waals surface area contributed by atoms with Crippen LogP contribution in [0.25, 0.3) is 11.0 Å². The maximum absolute atomic E-state index is 13.8. The minimum absolute atomic E-state index is 0.0866. The van der Waals surface area contributed by atoms with Gasteiger partial charge in [0.05, 0.1) is 22.7 Å². The minimum Gasteiger partial charge on any atom is -0.362 e. The molecule has 1 unspecified atom stereocenters. The summed E-state index contributed by atoms with van der Waals surface area (Å²) in [5.74, 6) is 5.10. The third-order valence-electron chi connectivity index (χ3n) is 5.57. The highest BCUT2D eigenvalue weighted by Crippen LogP contribution is 2.24. The Kier molecular flexibility index (Phi) is 5.70. The first-order valence-electron chi connectivity index (χ1n) is 9.96. The van der Waals surface area contributed by atoms with Crippen molar-refractivity contribution in [2.75, 3.05) is 19.7 Å². The Morgan fingerprint density at radius 1 is 1.27 bits per heavy atom. The van der Waals surface area contributed by atoms with Gasteiger partial charge in [0.2, 0.25) is 11.8 Å². The van der Waals surface area contributed by atoms with Crippen LogP contribution in [0.3, 0.4) is 0 Å². The van der Waals surface area contributed by atoms with E-state index >= 15 is 0 Å². The van der Waals surface area contributed by atoms with E-state index in [1.165, 1.54) is 9.13 Å². The number of rotatable bonds is 3. The molecule has 3 atom stereocenters. The van der Waals surface area contributed by atoms with E-state index in [4.69, 9.17) is 4.74 Å². The van der Waals surface area contributed by atoms with Crippen LogP contribution in [0.1, 0.15) is 30.9 Å². The fourth-order valence-corrected chi connectivity index (χ4v) is 4.03. The maximum atomic E-state index is 13.8. The van der Waals surface area contributed by atoms with Crippen molar-refractivity contribution in [3.8, 4) is 11.8 Å². The molecule has 0 bridgehead atoms. The zero-order valence-corrected chi connectivity index (χ0v) is 16.6. The molecular formula is C21H23FN4O4. The van der Waals surface area contributed by atoms with Crippen LogP contribution in [0.2, 0.25) is 0 Å². The standard InChI is InChI=1S/C21H23FN4O4/c1-25-19-13(5-3-11-30-17-9-10-23-12-14(17)22)4-2-6-15(19)26(21(25)29)16-7-8-18(27)24-20(16)28/h2,4,6,14,16-17,23H,7-12H2,1H3,(H,24,27,28)/t14-,16?,17+/m1/s1. The molecule has 2 aliphatic heterocycles. The van der Waals surface area contributed by atoms with Gasteiger partial charge in [-0.1, -0.05) is 17.9 Å². The second-order valence-corrected chi connectivity index (χ2v) is 7.51. The predicted molar refractivity (Wildman–Crippen MR) is 108 cm³/mol. The first kappa shape index (κ1) is 20.3. The highest BCUT2D eigenvalue weighted by molar-refractivity contribution is 6.00. The lowest BCUT2D eigenvalue weighted by Gasteiger charge is -2.25. The molecule has 8 nitrogen and oxygen atoms in total. The Morgan fingerprint density at radius 3 is 2.87 bits per heavy atom. The van der Waals surface area contributed by atoms with Gasteiger partial charge >= 0.3 is 5.69 Å². The van der Waals surface area contributed by atoms with Gasteiger partial charge in [-0.25, -0.2) is 9.18 Å². The summed E-state index contributed by atoms with van der Waals surface area (Å²) < 4.78 is 22.2. The Morgan fingerprint density at radius 2 is 2.10 bits per heavy atom. The van der Waals surface area contributed by atoms with Crippen molar-refractivity contribution >= 4 is 22.8 Å². The van der Waals surface area contributed by atoms with E-state index in [-0.39, 0.29) is 37.6 Å². The van der Waals surface area contributed by atoms with Gasteiger partial charge in [-0.15, -0.1) is 0 Å². The molecular weight excluding hydrogens is 391 g/mol. The molecule has 0 spiro atoms. The second kappa shape index (κ2) is 8.42. The van der Waals surface area contributed by atoms with Crippen LogP contribution in [0, 0.1) is 11.8 Å². The summed E-state index contributed by atoms with van der Waals surface area (Å²) in [6.45, 7) is 1.09. The van der Waals surface area contributed by atoms with E-state index in [1.54, 1.807) is 25.2 Å². The topological polar surface area (TPSA) is 94.4 Å². The van der Waals surface area contributed by atoms with Gasteiger partial charge in [-0.2, -0.15) is 0 Å². The molecule has 0 radical (unpaired) electrons. The Bertz CT molecular complexity index is 1110. The molecule has 2 aliphatic rings. The largest absolute Gasteiger partial charge is 0.362 e. The number of imidazole rings is 1. The number of imide groups is 1. The normalized spacial score (nSPS) is 24.4. The number of aryl methyl sites for hydroxylation is 1. The molecule has 1 aromatic carbocycles. The lowest BCUT2D eigenvalue weighted by molar-refractivity contribution is -0.135. The number of ether oxygens (including phenoxy) is 1. The summed E-state index contributed by atoms with van der Waals surface area (Å²) in [5, 5.41) is 5.27. The van der Waals surface area contributed by atoms with Gasteiger partial charge in [-0.3, -0.25) is 24.0 Å². The monoisotopic (exact) mass is 414 g/mol. The van der Waals surface area contributed by atoms with Gasteiger partial charge in [0.25, 0.3) is 0 Å². The van der Waals surface area contributed by atoms with E-state index in [9.17, 15) is 18.8 Å². The molecule has 0 aliphatic carbocycles. The van der Waals surface area contributed by atoms with Crippen molar-refractivity contribution < 1.29 is 18.7 Å². The summed E-state index contributed by atoms with van der Waals surface area (Å²) in [6.07, 6.45) is -0.459. The maximum Gasteiger partial charge on any atom is 0.329 e. The lowest BCUT2D eigenvalue weighted by atomic mass is 10.1. The third-order valence-corrected chi connectivity index (χ3v) is 5.57. The number of carbonyl (C=O) groups excluding carboxylic acids is 2. The average Bonchev–Trinajstić information content (AvgIpc) is 2.98. The second-order valence-electron chi connectivity index (χ2n) is 7.51. The van der Waals surface area contributed by atoms with Crippen molar-refractivity contribution in [2.45, 2.75) is 37.6 Å². The highest BCUT2D eigenvalue weighted by Gasteiger charge is 2.31. The van der Waals surface area contributed by atoms with Crippen molar-refractivity contribution in [2.24, 2.45) is 7.05 Å². The van der Waals surface area contributed by atoms with Crippen LogP contribution < -0.4 is 16.3 Å². The number of para-hydroxylation sites is 1. The molecule has 2 fully saturated rings. The van der Waals surface area contributed by atoms with E-state index in [0.717, 1.165) is 0 Å². The van der Waals surface area contributed by atoms with Crippen molar-refractivity contribution in [3.63, 3.8) is 0 Å². The quantitative estimate of drug-likeness (QED) is 0.560. The van der Waals surface area contributed by atoms with Gasteiger partial charge < -0.3 is 10.1 Å². The average molecular weight is 414 g/mol. The highest BCUT2D eigenvalue weighted by atomic mass is 19.1. The number of nitrogens with one attached hydrogen (secondary N) is 2. The van der Waals surface area contributed by atoms with Gasteiger partial charge in [-0.05, 0) is 31.5 Å². The predicted octanol–water partition coefficient (Wildman–Crippen LogP) is 0.386. The fourth-order valence-electron chi connectivity index (χ4n) is 4.03. The molecule has 2 aromatic rings. The Labute approximate surface area is 172 Å². The van der Waals surface area contributed by atoms with E-state index < -0.39 is 24.2 Å². The molecule has 9 heteroatoms. The molecule has 2 N–H and O–H groups in total. The van der Waals surface area contributed by atoms with Crippen molar-refractivity contribution in [3.05, 3.63) is 34.2 Å². The number of benzene rings is 1. The summed E-state index contributed by atoms with van der Waals surface area (Å²) >= 11 is 0. The number of aromatic nitrogens is 2. The molecule has 30 heavy (non-hydrogen) atoms. The number of piperidine rings is 2. The molecule has 2 saturated heterocycles. The van der Waals surface area contributed by atoms with Crippen LogP contribution in [0.15, 0.2) is 23.0 Å². The van der Waals surface area contributed by atoms with Gasteiger partial charge in [0.1, 0.15) is 18.8 Å². The zero-order valence-electron chi connectivity index (χ0n) is 16.6. The number of nitrogens with zero attached hydrogens (tertiary/aromatic N) is 2. The van der Waals surface area contributed by atoms with Crippen molar-refractivity contribution in [1.29, 1.82) is 0 Å². The van der Waals surface area contributed by atoms with E-state index in [0.29, 0.717) is 29.6 Å². The number of hydrogen-bond acceptors (Lipinski definition) is 5. The molecule has 4 rings (SSSR count). The first-order chi connectivity index (χ1) is 14.5. The number of halogens is 1. The molecule has 0 saturated carbocycles.